The molecule has 0 saturated carbocycles. The van der Waals surface area contributed by atoms with Gasteiger partial charge in [0.25, 0.3) is 0 Å². The maximum Gasteiger partial charge on any atom is 0.417 e. The predicted molar refractivity (Wildman–Crippen MR) is 52.7 cm³/mol. The summed E-state index contributed by atoms with van der Waals surface area (Å²) in [7, 11) is 0. The van der Waals surface area contributed by atoms with Crippen molar-refractivity contribution >= 4 is 0 Å². The Labute approximate surface area is 87.3 Å². The second-order valence-electron chi connectivity index (χ2n) is 4.64. The Kier molecular flexibility index (Phi) is 2.81. The molecule has 0 spiro atoms. The molecule has 15 heavy (non-hydrogen) atoms. The van der Waals surface area contributed by atoms with Gasteiger partial charge in [-0.05, 0) is 18.6 Å². The highest BCUT2D eigenvalue weighted by molar-refractivity contribution is 5.29. The number of pyridine rings is 1. The summed E-state index contributed by atoms with van der Waals surface area (Å²) in [5.41, 5.74) is 0.370. The first-order chi connectivity index (χ1) is 6.62. The molecule has 0 radical (unpaired) electrons. The molecular formula is C11H14F3N. The molecule has 0 saturated heterocycles. The van der Waals surface area contributed by atoms with Crippen molar-refractivity contribution in [2.45, 2.75) is 39.3 Å². The highest BCUT2D eigenvalue weighted by Crippen LogP contribution is 2.31. The van der Waals surface area contributed by atoms with Gasteiger partial charge >= 0.3 is 6.18 Å². The molecule has 0 bridgehead atoms. The first-order valence-corrected chi connectivity index (χ1v) is 4.66. The molecule has 1 rings (SSSR count). The van der Waals surface area contributed by atoms with Crippen molar-refractivity contribution in [1.82, 2.24) is 4.98 Å². The van der Waals surface area contributed by atoms with Crippen LogP contribution in [0, 0.1) is 6.92 Å². The van der Waals surface area contributed by atoms with E-state index < -0.39 is 11.7 Å². The van der Waals surface area contributed by atoms with Crippen LogP contribution in [0.4, 0.5) is 13.2 Å². The highest BCUT2D eigenvalue weighted by atomic mass is 19.4. The summed E-state index contributed by atoms with van der Waals surface area (Å²) < 4.78 is 37.1. The zero-order valence-corrected chi connectivity index (χ0v) is 9.24. The van der Waals surface area contributed by atoms with Crippen molar-refractivity contribution in [3.63, 3.8) is 0 Å². The number of alkyl halides is 3. The zero-order chi connectivity index (χ0) is 11.9. The van der Waals surface area contributed by atoms with Gasteiger partial charge in [-0.3, -0.25) is 4.98 Å². The summed E-state index contributed by atoms with van der Waals surface area (Å²) in [6, 6.07) is 1.15. The molecule has 0 fully saturated rings. The molecule has 84 valence electrons. The van der Waals surface area contributed by atoms with Gasteiger partial charge in [-0.25, -0.2) is 0 Å². The first kappa shape index (κ1) is 12.0. The molecule has 0 aliphatic rings. The van der Waals surface area contributed by atoms with Gasteiger partial charge in [-0.15, -0.1) is 0 Å². The molecular weight excluding hydrogens is 203 g/mol. The third-order valence-corrected chi connectivity index (χ3v) is 2.12. The largest absolute Gasteiger partial charge is 0.417 e. The van der Waals surface area contributed by atoms with Gasteiger partial charge in [-0.1, -0.05) is 20.8 Å². The van der Waals surface area contributed by atoms with E-state index in [0.717, 1.165) is 12.3 Å². The molecule has 0 aliphatic heterocycles. The fourth-order valence-corrected chi connectivity index (χ4v) is 1.51. The van der Waals surface area contributed by atoms with E-state index in [1.165, 1.54) is 0 Å². The van der Waals surface area contributed by atoms with Crippen molar-refractivity contribution in [2.75, 3.05) is 0 Å². The normalized spacial score (nSPS) is 13.0. The number of rotatable bonds is 0. The average Bonchev–Trinajstić information content (AvgIpc) is 1.99. The lowest BCUT2D eigenvalue weighted by atomic mass is 9.88. The van der Waals surface area contributed by atoms with Crippen molar-refractivity contribution in [3.05, 3.63) is 29.1 Å². The van der Waals surface area contributed by atoms with Crippen LogP contribution in [0.3, 0.4) is 0 Å². The van der Waals surface area contributed by atoms with Crippen LogP contribution in [0.2, 0.25) is 0 Å². The lowest BCUT2D eigenvalue weighted by Crippen LogP contribution is -2.17. The van der Waals surface area contributed by atoms with Crippen LogP contribution in [-0.4, -0.2) is 4.98 Å². The number of hydrogen-bond acceptors (Lipinski definition) is 1. The van der Waals surface area contributed by atoms with Gasteiger partial charge in [0.15, 0.2) is 0 Å². The average molecular weight is 217 g/mol. The summed E-state index contributed by atoms with van der Waals surface area (Å²) in [5.74, 6) is 0. The minimum Gasteiger partial charge on any atom is -0.260 e. The molecule has 1 nitrogen and oxygen atoms in total. The molecule has 1 heterocycles. The Morgan fingerprint density at radius 1 is 1.13 bits per heavy atom. The molecule has 1 aromatic rings. The second-order valence-corrected chi connectivity index (χ2v) is 4.64. The van der Waals surface area contributed by atoms with E-state index in [9.17, 15) is 13.2 Å². The van der Waals surface area contributed by atoms with Gasteiger partial charge in [0.05, 0.1) is 5.56 Å². The molecule has 0 atom stereocenters. The van der Waals surface area contributed by atoms with Crippen LogP contribution in [0.25, 0.3) is 0 Å². The van der Waals surface area contributed by atoms with Gasteiger partial charge in [0, 0.05) is 17.3 Å². The maximum atomic E-state index is 12.4. The Morgan fingerprint density at radius 2 is 1.67 bits per heavy atom. The summed E-state index contributed by atoms with van der Waals surface area (Å²) in [6.07, 6.45) is -3.41. The van der Waals surface area contributed by atoms with Crippen LogP contribution < -0.4 is 0 Å². The van der Waals surface area contributed by atoms with Crippen molar-refractivity contribution in [3.8, 4) is 0 Å². The Bertz CT molecular complexity index is 361. The molecule has 0 aromatic carbocycles. The van der Waals surface area contributed by atoms with Crippen LogP contribution in [0.5, 0.6) is 0 Å². The Balaban J connectivity index is 3.21. The lowest BCUT2D eigenvalue weighted by Gasteiger charge is -2.21. The van der Waals surface area contributed by atoms with E-state index in [-0.39, 0.29) is 5.41 Å². The minimum absolute atomic E-state index is 0.228. The molecule has 0 unspecified atom stereocenters. The Hall–Kier alpha value is -1.06. The van der Waals surface area contributed by atoms with Crippen LogP contribution in [0.15, 0.2) is 12.3 Å². The summed E-state index contributed by atoms with van der Waals surface area (Å²) in [5, 5.41) is 0. The first-order valence-electron chi connectivity index (χ1n) is 4.66. The highest BCUT2D eigenvalue weighted by Gasteiger charge is 2.32. The van der Waals surface area contributed by atoms with E-state index in [2.05, 4.69) is 4.98 Å². The van der Waals surface area contributed by atoms with Gasteiger partial charge in [0.2, 0.25) is 0 Å². The van der Waals surface area contributed by atoms with E-state index >= 15 is 0 Å². The number of hydrogen-bond donors (Lipinski definition) is 0. The third kappa shape index (κ3) is 2.70. The molecule has 4 heteroatoms. The number of aryl methyl sites for hydroxylation is 1. The topological polar surface area (TPSA) is 12.9 Å². The number of nitrogens with zero attached hydrogens (tertiary/aromatic N) is 1. The minimum atomic E-state index is -4.31. The predicted octanol–water partition coefficient (Wildman–Crippen LogP) is 3.71. The lowest BCUT2D eigenvalue weighted by molar-refractivity contribution is -0.137. The maximum absolute atomic E-state index is 12.4. The van der Waals surface area contributed by atoms with Gasteiger partial charge in [-0.2, -0.15) is 13.2 Å². The van der Waals surface area contributed by atoms with Gasteiger partial charge < -0.3 is 0 Å². The van der Waals surface area contributed by atoms with E-state index in [1.807, 2.05) is 20.8 Å². The standard InChI is InChI=1S/C11H14F3N/c1-7-5-8(11(12,13)14)6-15-9(7)10(2,3)4/h5-6H,1-4H3. The van der Waals surface area contributed by atoms with Crippen LogP contribution in [-0.2, 0) is 11.6 Å². The molecule has 0 aliphatic carbocycles. The van der Waals surface area contributed by atoms with Crippen molar-refractivity contribution < 1.29 is 13.2 Å². The second kappa shape index (κ2) is 3.51. The fourth-order valence-electron chi connectivity index (χ4n) is 1.51. The van der Waals surface area contributed by atoms with Crippen molar-refractivity contribution in [1.29, 1.82) is 0 Å². The van der Waals surface area contributed by atoms with Crippen LogP contribution in [0.1, 0.15) is 37.6 Å². The van der Waals surface area contributed by atoms with Crippen LogP contribution >= 0.6 is 0 Å². The van der Waals surface area contributed by atoms with Gasteiger partial charge in [0.1, 0.15) is 0 Å². The third-order valence-electron chi connectivity index (χ3n) is 2.12. The summed E-state index contributed by atoms with van der Waals surface area (Å²) >= 11 is 0. The smallest absolute Gasteiger partial charge is 0.260 e. The van der Waals surface area contributed by atoms with E-state index in [4.69, 9.17) is 0 Å². The quantitative estimate of drug-likeness (QED) is 0.645. The summed E-state index contributed by atoms with van der Waals surface area (Å²) in [4.78, 5) is 3.90. The van der Waals surface area contributed by atoms with E-state index in [1.54, 1.807) is 6.92 Å². The SMILES string of the molecule is Cc1cc(C(F)(F)F)cnc1C(C)(C)C. The fraction of sp³-hybridized carbons (Fsp3) is 0.545. The Morgan fingerprint density at radius 3 is 2.00 bits per heavy atom. The molecule has 0 N–H and O–H groups in total. The van der Waals surface area contributed by atoms with E-state index in [0.29, 0.717) is 11.3 Å². The molecule has 1 aromatic heterocycles. The number of halogens is 3. The monoisotopic (exact) mass is 217 g/mol. The molecule has 0 amide bonds. The summed E-state index contributed by atoms with van der Waals surface area (Å²) in [6.45, 7) is 7.43. The van der Waals surface area contributed by atoms with Crippen molar-refractivity contribution in [2.24, 2.45) is 0 Å². The number of aromatic nitrogens is 1. The zero-order valence-electron chi connectivity index (χ0n) is 9.24.